The van der Waals surface area contributed by atoms with E-state index in [9.17, 15) is 10.1 Å². The molecule has 0 bridgehead atoms. The molecule has 10 heteroatoms. The number of amides is 1. The van der Waals surface area contributed by atoms with Gasteiger partial charge in [0.05, 0.1) is 31.7 Å². The van der Waals surface area contributed by atoms with E-state index in [1.807, 2.05) is 18.2 Å². The number of rotatable bonds is 7. The number of nitrogen functional groups attached to an aromatic ring is 2. The van der Waals surface area contributed by atoms with Crippen molar-refractivity contribution in [1.29, 1.82) is 5.26 Å². The number of carbonyl (C=O) groups is 1. The fraction of sp³-hybridized carbons (Fsp3) is 0.174. The number of thiophene rings is 1. The number of pyridine rings is 1. The van der Waals surface area contributed by atoms with Crippen LogP contribution in [0.4, 0.5) is 11.5 Å². The molecule has 0 aliphatic heterocycles. The van der Waals surface area contributed by atoms with Gasteiger partial charge >= 0.3 is 0 Å². The molecule has 168 valence electrons. The molecule has 0 spiro atoms. The maximum atomic E-state index is 12.9. The minimum Gasteiger partial charge on any atom is -0.493 e. The summed E-state index contributed by atoms with van der Waals surface area (Å²) in [6, 6.07) is 11.1. The molecule has 0 saturated carbocycles. The van der Waals surface area contributed by atoms with E-state index in [0.29, 0.717) is 50.9 Å². The molecule has 9 nitrogen and oxygen atoms in total. The summed E-state index contributed by atoms with van der Waals surface area (Å²) in [6.07, 6.45) is 2.07. The predicted molar refractivity (Wildman–Crippen MR) is 126 cm³/mol. The summed E-state index contributed by atoms with van der Waals surface area (Å²) in [7, 11) is 3.15. The van der Waals surface area contributed by atoms with Gasteiger partial charge in [-0.15, -0.1) is 11.3 Å². The zero-order valence-corrected chi connectivity index (χ0v) is 18.8. The molecule has 0 aliphatic carbocycles. The quantitative estimate of drug-likeness (QED) is 0.376. The van der Waals surface area contributed by atoms with E-state index in [2.05, 4.69) is 16.4 Å². The minimum atomic E-state index is -0.335. The summed E-state index contributed by atoms with van der Waals surface area (Å²) >= 11 is 1.12. The zero-order chi connectivity index (χ0) is 23.5. The molecule has 0 atom stereocenters. The molecule has 3 heterocycles. The first-order valence-electron chi connectivity index (χ1n) is 9.93. The molecular formula is C23H21N5O4S. The van der Waals surface area contributed by atoms with E-state index in [1.165, 1.54) is 6.26 Å². The van der Waals surface area contributed by atoms with Gasteiger partial charge in [0, 0.05) is 11.9 Å². The number of hydrogen-bond acceptors (Lipinski definition) is 9. The highest BCUT2D eigenvalue weighted by Gasteiger charge is 2.25. The molecular weight excluding hydrogens is 442 g/mol. The third-order valence-corrected chi connectivity index (χ3v) is 6.24. The first-order chi connectivity index (χ1) is 16.0. The second-order valence-corrected chi connectivity index (χ2v) is 8.06. The maximum absolute atomic E-state index is 12.9. The largest absolute Gasteiger partial charge is 0.493 e. The number of nitrogens with two attached hydrogens (primary N) is 2. The van der Waals surface area contributed by atoms with Gasteiger partial charge in [0.1, 0.15) is 32.9 Å². The molecule has 1 amide bonds. The number of nitrogens with one attached hydrogen (secondary N) is 1. The van der Waals surface area contributed by atoms with E-state index >= 15 is 0 Å². The van der Waals surface area contributed by atoms with Crippen LogP contribution in [0.1, 0.15) is 20.8 Å². The Hall–Kier alpha value is -4.23. The van der Waals surface area contributed by atoms with Gasteiger partial charge in [0.25, 0.3) is 5.91 Å². The van der Waals surface area contributed by atoms with Gasteiger partial charge in [-0.1, -0.05) is 6.07 Å². The molecule has 0 unspecified atom stereocenters. The highest BCUT2D eigenvalue weighted by Crippen LogP contribution is 2.42. The van der Waals surface area contributed by atoms with Crippen LogP contribution in [0.15, 0.2) is 41.0 Å². The van der Waals surface area contributed by atoms with E-state index in [-0.39, 0.29) is 23.0 Å². The summed E-state index contributed by atoms with van der Waals surface area (Å²) < 4.78 is 16.1. The van der Waals surface area contributed by atoms with Crippen molar-refractivity contribution >= 4 is 39.0 Å². The lowest BCUT2D eigenvalue weighted by Crippen LogP contribution is -2.25. The Balaban J connectivity index is 1.60. The number of nitriles is 1. The molecule has 0 aliphatic rings. The zero-order valence-electron chi connectivity index (χ0n) is 18.0. The van der Waals surface area contributed by atoms with E-state index < -0.39 is 0 Å². The summed E-state index contributed by atoms with van der Waals surface area (Å²) in [5.41, 5.74) is 14.2. The lowest BCUT2D eigenvalue weighted by atomic mass is 10.0. The number of aromatic nitrogens is 1. The Morgan fingerprint density at radius 2 is 2.03 bits per heavy atom. The van der Waals surface area contributed by atoms with E-state index in [1.54, 1.807) is 26.4 Å². The van der Waals surface area contributed by atoms with Crippen LogP contribution in [0, 0.1) is 11.3 Å². The Kier molecular flexibility index (Phi) is 6.06. The second-order valence-electron chi connectivity index (χ2n) is 7.06. The highest BCUT2D eigenvalue weighted by atomic mass is 32.1. The van der Waals surface area contributed by atoms with Crippen molar-refractivity contribution in [3.8, 4) is 28.9 Å². The number of ether oxygens (including phenoxy) is 2. The fourth-order valence-corrected chi connectivity index (χ4v) is 4.58. The summed E-state index contributed by atoms with van der Waals surface area (Å²) in [5.74, 6) is 1.41. The average Bonchev–Trinajstić information content (AvgIpc) is 3.46. The van der Waals surface area contributed by atoms with Crippen molar-refractivity contribution < 1.29 is 18.7 Å². The number of hydrogen-bond donors (Lipinski definition) is 3. The second kappa shape index (κ2) is 9.10. The Bertz CT molecular complexity index is 1370. The first kappa shape index (κ1) is 22.0. The monoisotopic (exact) mass is 463 g/mol. The van der Waals surface area contributed by atoms with Crippen molar-refractivity contribution in [2.45, 2.75) is 6.42 Å². The highest BCUT2D eigenvalue weighted by molar-refractivity contribution is 7.21. The standard InChI is InChI=1S/C23H21N5O4S/c1-30-14-6-5-12(10-16(14)31-2)7-8-27-22(29)20-19(25)18-17(15-4-3-9-32-15)13(11-24)21(26)28-23(18)33-20/h3-6,9-10H,7-8,25H2,1-2H3,(H2,26,28)(H,27,29). The van der Waals surface area contributed by atoms with Gasteiger partial charge in [0.15, 0.2) is 11.5 Å². The lowest BCUT2D eigenvalue weighted by molar-refractivity contribution is 0.0959. The maximum Gasteiger partial charge on any atom is 0.263 e. The van der Waals surface area contributed by atoms with Gasteiger partial charge in [-0.05, 0) is 36.2 Å². The van der Waals surface area contributed by atoms with Crippen LogP contribution in [0.25, 0.3) is 21.5 Å². The predicted octanol–water partition coefficient (Wildman–Crippen LogP) is 3.58. The number of methoxy groups -OCH3 is 2. The topological polar surface area (TPSA) is 149 Å². The van der Waals surface area contributed by atoms with Gasteiger partial charge in [-0.2, -0.15) is 5.26 Å². The van der Waals surface area contributed by atoms with Crippen LogP contribution in [0.3, 0.4) is 0 Å². The summed E-state index contributed by atoms with van der Waals surface area (Å²) in [6.45, 7) is 0.381. The van der Waals surface area contributed by atoms with Gasteiger partial charge in [0.2, 0.25) is 0 Å². The Morgan fingerprint density at radius 1 is 1.24 bits per heavy atom. The number of nitrogens with zero attached hydrogens (tertiary/aromatic N) is 2. The van der Waals surface area contributed by atoms with Crippen LogP contribution < -0.4 is 26.3 Å². The van der Waals surface area contributed by atoms with Crippen LogP contribution in [-0.2, 0) is 6.42 Å². The smallest absolute Gasteiger partial charge is 0.263 e. The van der Waals surface area contributed by atoms with E-state index in [0.717, 1.165) is 16.9 Å². The van der Waals surface area contributed by atoms with Gasteiger partial charge < -0.3 is 30.7 Å². The molecule has 4 aromatic rings. The fourth-order valence-electron chi connectivity index (χ4n) is 3.56. The number of furan rings is 1. The Labute approximate surface area is 193 Å². The normalized spacial score (nSPS) is 10.7. The van der Waals surface area contributed by atoms with Crippen molar-refractivity contribution in [3.63, 3.8) is 0 Å². The van der Waals surface area contributed by atoms with Crippen molar-refractivity contribution in [2.24, 2.45) is 0 Å². The van der Waals surface area contributed by atoms with E-state index in [4.69, 9.17) is 25.4 Å². The number of fused-ring (bicyclic) bond motifs is 1. The molecule has 5 N–H and O–H groups in total. The molecule has 0 radical (unpaired) electrons. The third-order valence-electron chi connectivity index (χ3n) is 5.14. The lowest BCUT2D eigenvalue weighted by Gasteiger charge is -2.10. The third kappa shape index (κ3) is 4.02. The molecule has 33 heavy (non-hydrogen) atoms. The molecule has 1 aromatic carbocycles. The van der Waals surface area contributed by atoms with Crippen LogP contribution in [0.5, 0.6) is 11.5 Å². The first-order valence-corrected chi connectivity index (χ1v) is 10.7. The van der Waals surface area contributed by atoms with Crippen LogP contribution in [-0.4, -0.2) is 31.7 Å². The Morgan fingerprint density at radius 3 is 2.70 bits per heavy atom. The molecule has 4 rings (SSSR count). The average molecular weight is 464 g/mol. The molecule has 3 aromatic heterocycles. The van der Waals surface area contributed by atoms with Crippen molar-refractivity contribution in [1.82, 2.24) is 10.3 Å². The van der Waals surface area contributed by atoms with Crippen molar-refractivity contribution in [2.75, 3.05) is 32.2 Å². The van der Waals surface area contributed by atoms with Gasteiger partial charge in [-0.25, -0.2) is 4.98 Å². The summed E-state index contributed by atoms with van der Waals surface area (Å²) in [5, 5.41) is 13.0. The number of benzene rings is 1. The molecule has 0 fully saturated rings. The van der Waals surface area contributed by atoms with Gasteiger partial charge in [-0.3, -0.25) is 4.79 Å². The van der Waals surface area contributed by atoms with Crippen LogP contribution >= 0.6 is 11.3 Å². The van der Waals surface area contributed by atoms with Crippen LogP contribution in [0.2, 0.25) is 0 Å². The SMILES string of the molecule is COc1ccc(CCNC(=O)c2sc3nc(N)c(C#N)c(-c4ccco4)c3c2N)cc1OC. The number of carbonyl (C=O) groups excluding carboxylic acids is 1. The minimum absolute atomic E-state index is 0.0538. The summed E-state index contributed by atoms with van der Waals surface area (Å²) in [4.78, 5) is 18.0. The number of anilines is 2. The molecule has 0 saturated heterocycles. The van der Waals surface area contributed by atoms with Crippen molar-refractivity contribution in [3.05, 3.63) is 52.6 Å².